The lowest BCUT2D eigenvalue weighted by Gasteiger charge is -2.19. The lowest BCUT2D eigenvalue weighted by molar-refractivity contribution is -0.140. The van der Waals surface area contributed by atoms with E-state index >= 15 is 0 Å². The van der Waals surface area contributed by atoms with Crippen LogP contribution in [0.15, 0.2) is 101 Å². The van der Waals surface area contributed by atoms with Crippen LogP contribution in [0.3, 0.4) is 0 Å². The number of ether oxygens (including phenoxy) is 1. The van der Waals surface area contributed by atoms with Gasteiger partial charge in [0.05, 0.1) is 12.3 Å². The zero-order chi connectivity index (χ0) is 26.9. The van der Waals surface area contributed by atoms with Crippen LogP contribution in [0.2, 0.25) is 0 Å². The van der Waals surface area contributed by atoms with E-state index in [0.717, 1.165) is 39.6 Å². The van der Waals surface area contributed by atoms with Crippen LogP contribution in [0.5, 0.6) is 5.75 Å². The molecule has 0 aliphatic heterocycles. The minimum Gasteiger partial charge on any atom is -0.493 e. The number of carboxylic acids is 1. The molecule has 0 saturated carbocycles. The van der Waals surface area contributed by atoms with E-state index in [9.17, 15) is 9.90 Å². The third kappa shape index (κ3) is 6.71. The number of aliphatic carboxylic acids is 1. The molecule has 2 heterocycles. The number of nitrogens with zero attached hydrogens (tertiary/aromatic N) is 2. The molecule has 0 saturated heterocycles. The van der Waals surface area contributed by atoms with Gasteiger partial charge in [0, 0.05) is 36.7 Å². The molecule has 4 rings (SSSR count). The summed E-state index contributed by atoms with van der Waals surface area (Å²) in [6.45, 7) is 6.35. The van der Waals surface area contributed by atoms with Crippen molar-refractivity contribution in [1.29, 1.82) is 0 Å². The Morgan fingerprint density at radius 1 is 1.08 bits per heavy atom. The number of carbonyl (C=O) groups is 1. The first-order valence-corrected chi connectivity index (χ1v) is 12.9. The number of aromatic nitrogens is 2. The van der Waals surface area contributed by atoms with Crippen molar-refractivity contribution < 1.29 is 19.1 Å². The minimum absolute atomic E-state index is 0.381. The Hall–Kier alpha value is -4.32. The second kappa shape index (κ2) is 12.8. The van der Waals surface area contributed by atoms with Gasteiger partial charge < -0.3 is 18.8 Å². The average Bonchev–Trinajstić information content (AvgIpc) is 3.54. The van der Waals surface area contributed by atoms with Crippen LogP contribution < -0.4 is 4.74 Å². The van der Waals surface area contributed by atoms with Crippen molar-refractivity contribution in [2.45, 2.75) is 46.1 Å². The second-order valence-electron chi connectivity index (χ2n) is 9.14. The monoisotopic (exact) mass is 510 g/mol. The molecule has 1 unspecified atom stereocenters. The van der Waals surface area contributed by atoms with Gasteiger partial charge in [-0.1, -0.05) is 48.6 Å². The van der Waals surface area contributed by atoms with Gasteiger partial charge in [0.25, 0.3) is 0 Å². The summed E-state index contributed by atoms with van der Waals surface area (Å²) < 4.78 is 13.6. The fourth-order valence-electron chi connectivity index (χ4n) is 4.44. The highest BCUT2D eigenvalue weighted by Gasteiger charge is 2.22. The standard InChI is InChI=1S/C32H34N2O4/c1-4-10-24(5-2)21-27-13-9-19-34(27)30(32(35)36)22-25-14-16-28(17-15-25)37-20-18-29-23(3)38-31(33-29)26-11-7-6-8-12-26/h4-17,19,30H,18,20-22H2,1-3H3,(H,35,36)/b10-4-,24-5+. The Morgan fingerprint density at radius 3 is 2.53 bits per heavy atom. The van der Waals surface area contributed by atoms with Crippen LogP contribution in [0.25, 0.3) is 11.5 Å². The summed E-state index contributed by atoms with van der Waals surface area (Å²) in [6, 6.07) is 20.7. The third-order valence-electron chi connectivity index (χ3n) is 6.50. The van der Waals surface area contributed by atoms with Crippen LogP contribution in [0.1, 0.15) is 42.6 Å². The smallest absolute Gasteiger partial charge is 0.327 e. The van der Waals surface area contributed by atoms with Crippen LogP contribution in [0, 0.1) is 6.92 Å². The zero-order valence-corrected chi connectivity index (χ0v) is 22.1. The maximum atomic E-state index is 12.2. The predicted molar refractivity (Wildman–Crippen MR) is 149 cm³/mol. The first kappa shape index (κ1) is 26.7. The largest absolute Gasteiger partial charge is 0.493 e. The van der Waals surface area contributed by atoms with E-state index in [1.165, 1.54) is 0 Å². The topological polar surface area (TPSA) is 77.5 Å². The van der Waals surface area contributed by atoms with Gasteiger partial charge in [-0.05, 0) is 68.3 Å². The van der Waals surface area contributed by atoms with E-state index < -0.39 is 12.0 Å². The van der Waals surface area contributed by atoms with Crippen LogP contribution in [0.4, 0.5) is 0 Å². The van der Waals surface area contributed by atoms with Crippen LogP contribution in [-0.2, 0) is 24.1 Å². The molecule has 0 spiro atoms. The Balaban J connectivity index is 1.36. The number of benzene rings is 2. The van der Waals surface area contributed by atoms with Crippen molar-refractivity contribution in [2.75, 3.05) is 6.61 Å². The maximum Gasteiger partial charge on any atom is 0.327 e. The van der Waals surface area contributed by atoms with Crippen molar-refractivity contribution in [1.82, 2.24) is 9.55 Å². The Morgan fingerprint density at radius 2 is 1.84 bits per heavy atom. The fraction of sp³-hybridized carbons (Fsp3) is 0.250. The molecule has 196 valence electrons. The predicted octanol–water partition coefficient (Wildman–Crippen LogP) is 7.01. The molecule has 4 aromatic rings. The molecular weight excluding hydrogens is 476 g/mol. The highest BCUT2D eigenvalue weighted by Crippen LogP contribution is 2.24. The van der Waals surface area contributed by atoms with Gasteiger partial charge in [0.15, 0.2) is 0 Å². The molecule has 6 heteroatoms. The van der Waals surface area contributed by atoms with E-state index in [1.54, 1.807) is 0 Å². The quantitative estimate of drug-likeness (QED) is 0.208. The summed E-state index contributed by atoms with van der Waals surface area (Å²) in [5.41, 5.74) is 4.88. The summed E-state index contributed by atoms with van der Waals surface area (Å²) in [7, 11) is 0. The molecule has 1 N–H and O–H groups in total. The van der Waals surface area contributed by atoms with Gasteiger partial charge in [-0.25, -0.2) is 9.78 Å². The molecule has 1 atom stereocenters. The second-order valence-corrected chi connectivity index (χ2v) is 9.14. The fourth-order valence-corrected chi connectivity index (χ4v) is 4.44. The van der Waals surface area contributed by atoms with Gasteiger partial charge in [-0.3, -0.25) is 0 Å². The number of hydrogen-bond acceptors (Lipinski definition) is 4. The SMILES string of the molecule is C/C=C\C(=C/C)Cc1cccn1C(Cc1ccc(OCCc2nc(-c3ccccc3)oc2C)cc1)C(=O)O. The number of rotatable bonds is 12. The van der Waals surface area contributed by atoms with E-state index in [2.05, 4.69) is 17.1 Å². The molecule has 6 nitrogen and oxygen atoms in total. The lowest BCUT2D eigenvalue weighted by Crippen LogP contribution is -2.22. The van der Waals surface area contributed by atoms with Crippen molar-refractivity contribution in [3.05, 3.63) is 119 Å². The number of allylic oxidation sites excluding steroid dienone is 4. The Bertz CT molecular complexity index is 1400. The van der Waals surface area contributed by atoms with Gasteiger partial charge in [0.2, 0.25) is 5.89 Å². The lowest BCUT2D eigenvalue weighted by atomic mass is 10.0. The molecule has 0 aliphatic rings. The van der Waals surface area contributed by atoms with Gasteiger partial charge in [-0.2, -0.15) is 0 Å². The number of hydrogen-bond donors (Lipinski definition) is 1. The van der Waals surface area contributed by atoms with Crippen molar-refractivity contribution in [3.8, 4) is 17.2 Å². The van der Waals surface area contributed by atoms with Crippen molar-refractivity contribution >= 4 is 5.97 Å². The van der Waals surface area contributed by atoms with E-state index in [0.29, 0.717) is 31.8 Å². The zero-order valence-electron chi connectivity index (χ0n) is 22.1. The average molecular weight is 511 g/mol. The van der Waals surface area contributed by atoms with E-state index in [4.69, 9.17) is 9.15 Å². The first-order chi connectivity index (χ1) is 18.5. The molecule has 0 radical (unpaired) electrons. The number of oxazole rings is 1. The molecule has 0 amide bonds. The Labute approximate surface area is 223 Å². The maximum absolute atomic E-state index is 12.2. The van der Waals surface area contributed by atoms with Crippen molar-refractivity contribution in [2.24, 2.45) is 0 Å². The number of aryl methyl sites for hydroxylation is 1. The molecule has 0 fully saturated rings. The summed E-state index contributed by atoms with van der Waals surface area (Å²) in [6.07, 6.45) is 9.65. The molecule has 2 aromatic heterocycles. The first-order valence-electron chi connectivity index (χ1n) is 12.9. The van der Waals surface area contributed by atoms with Gasteiger partial charge in [-0.15, -0.1) is 0 Å². The van der Waals surface area contributed by atoms with E-state index in [-0.39, 0.29) is 0 Å². The van der Waals surface area contributed by atoms with Gasteiger partial charge in [0.1, 0.15) is 17.6 Å². The molecule has 2 aromatic carbocycles. The Kier molecular flexibility index (Phi) is 8.98. The minimum atomic E-state index is -0.853. The van der Waals surface area contributed by atoms with Gasteiger partial charge >= 0.3 is 5.97 Å². The summed E-state index contributed by atoms with van der Waals surface area (Å²) >= 11 is 0. The summed E-state index contributed by atoms with van der Waals surface area (Å²) in [4.78, 5) is 16.8. The molecule has 38 heavy (non-hydrogen) atoms. The van der Waals surface area contributed by atoms with E-state index in [1.807, 2.05) is 104 Å². The van der Waals surface area contributed by atoms with Crippen LogP contribution in [-0.4, -0.2) is 27.2 Å². The molecular formula is C32H34N2O4. The summed E-state index contributed by atoms with van der Waals surface area (Å²) in [5.74, 6) is 1.29. The highest BCUT2D eigenvalue weighted by molar-refractivity contribution is 5.72. The highest BCUT2D eigenvalue weighted by atomic mass is 16.5. The number of carboxylic acid groups (broad SMARTS) is 1. The van der Waals surface area contributed by atoms with Crippen molar-refractivity contribution in [3.63, 3.8) is 0 Å². The van der Waals surface area contributed by atoms with Crippen LogP contribution >= 0.6 is 0 Å². The molecule has 0 bridgehead atoms. The normalized spacial score (nSPS) is 12.7. The summed E-state index contributed by atoms with van der Waals surface area (Å²) in [5, 5.41) is 10.0. The third-order valence-corrected chi connectivity index (χ3v) is 6.50. The molecule has 0 aliphatic carbocycles.